The molecule has 0 aliphatic carbocycles. The van der Waals surface area contributed by atoms with E-state index in [0.717, 1.165) is 36.6 Å². The third kappa shape index (κ3) is 27.5. The van der Waals surface area contributed by atoms with E-state index in [1.165, 1.54) is 30.6 Å². The molecule has 0 amide bonds. The van der Waals surface area contributed by atoms with E-state index in [1.54, 1.807) is 0 Å². The summed E-state index contributed by atoms with van der Waals surface area (Å²) in [5.74, 6) is 0. The summed E-state index contributed by atoms with van der Waals surface area (Å²) < 4.78 is 0. The molecule has 3 N–H and O–H groups in total. The molecule has 0 aromatic rings. The predicted octanol–water partition coefficient (Wildman–Crippen LogP) is 3.14. The Morgan fingerprint density at radius 2 is 1.61 bits per heavy atom. The first kappa shape index (κ1) is 42.0. The second kappa shape index (κ2) is 30.1. The minimum Gasteiger partial charge on any atom is -0.696 e. The minimum absolute atomic E-state index is 0. The third-order valence-electron chi connectivity index (χ3n) is 4.48. The molecule has 2 heterocycles. The van der Waals surface area contributed by atoms with Crippen LogP contribution in [-0.4, -0.2) is 71.4 Å². The minimum atomic E-state index is -1.17. The zero-order valence-electron chi connectivity index (χ0n) is 20.9. The Kier molecular flexibility index (Phi) is 35.2. The van der Waals surface area contributed by atoms with Crippen molar-refractivity contribution in [1.82, 2.24) is 0 Å². The monoisotopic (exact) mass is 620 g/mol. The van der Waals surface area contributed by atoms with Crippen LogP contribution in [0.3, 0.4) is 0 Å². The van der Waals surface area contributed by atoms with E-state index in [-0.39, 0.29) is 40.2 Å². The largest absolute Gasteiger partial charge is 2.00 e. The van der Waals surface area contributed by atoms with Gasteiger partial charge in [-0.3, -0.25) is 9.98 Å². The van der Waals surface area contributed by atoms with Crippen molar-refractivity contribution in [3.8, 4) is 10.8 Å². The molecule has 13 heteroatoms. The quantitative estimate of drug-likeness (QED) is 0.124. The maximum Gasteiger partial charge on any atom is 2.00 e. The van der Waals surface area contributed by atoms with Gasteiger partial charge in [-0.05, 0) is 39.3 Å². The summed E-state index contributed by atoms with van der Waals surface area (Å²) in [5.41, 5.74) is 3.01. The number of hydrogen-bond donors (Lipinski definition) is 3. The molecule has 0 saturated carbocycles. The topological polar surface area (TPSA) is 161 Å². The average Bonchev–Trinajstić information content (AvgIpc) is 2.81. The molecule has 0 spiro atoms. The smallest absolute Gasteiger partial charge is 0.696 e. The van der Waals surface area contributed by atoms with Gasteiger partial charge in [0.1, 0.15) is 6.29 Å². The van der Waals surface area contributed by atoms with Crippen molar-refractivity contribution in [1.29, 1.82) is 10.5 Å². The first-order valence-corrected chi connectivity index (χ1v) is 11.8. The second-order valence-corrected chi connectivity index (χ2v) is 7.64. The predicted molar refractivity (Wildman–Crippen MR) is 142 cm³/mol. The molecule has 2 unspecified atom stereocenters. The summed E-state index contributed by atoms with van der Waals surface area (Å²) in [4.78, 5) is 9.11. The van der Waals surface area contributed by atoms with Crippen LogP contribution < -0.4 is 0 Å². The van der Waals surface area contributed by atoms with E-state index in [9.17, 15) is 5.11 Å². The molecule has 204 valence electrons. The van der Waals surface area contributed by atoms with Gasteiger partial charge in [-0.15, -0.1) is 24.9 Å². The number of nitriles is 2. The van der Waals surface area contributed by atoms with Crippen LogP contribution in [-0.2, 0) is 59.4 Å². The number of thiocyanates is 2. The van der Waals surface area contributed by atoms with E-state index in [1.807, 2.05) is 25.2 Å². The molecule has 0 aromatic carbocycles. The number of aliphatic imine (C=N–C) groups is 2. The fraction of sp³-hybridized carbons (Fsp3) is 0.652. The van der Waals surface area contributed by atoms with E-state index >= 15 is 0 Å². The standard InChI is InChI=1S/C19H30N4O.C2H6O2.2CHNS.2Fe/c1-15(18-7-3-5-11-22-18)20-13-9-17(24)10-14-21-16(2)19-8-4-6-12-23-19;1-2(3)4;2*2-1-3;;/h3,5,7,17,19,24H,4,6,8-14H2,1-2H3;2-4H,1H3;2*3H;;/q-2;;;;2*+2/p-2. The van der Waals surface area contributed by atoms with Crippen LogP contribution in [0.15, 0.2) is 33.9 Å². The Morgan fingerprint density at radius 1 is 1.08 bits per heavy atom. The van der Waals surface area contributed by atoms with Gasteiger partial charge in [0.2, 0.25) is 0 Å². The van der Waals surface area contributed by atoms with Gasteiger partial charge >= 0.3 is 34.1 Å². The van der Waals surface area contributed by atoms with Gasteiger partial charge in [0.25, 0.3) is 0 Å². The Hall–Kier alpha value is -1.08. The summed E-state index contributed by atoms with van der Waals surface area (Å²) in [6.07, 6.45) is 9.44. The van der Waals surface area contributed by atoms with E-state index in [0.29, 0.717) is 32.0 Å². The maximum absolute atomic E-state index is 10.1. The van der Waals surface area contributed by atoms with Crippen LogP contribution in [0.5, 0.6) is 0 Å². The van der Waals surface area contributed by atoms with Crippen LogP contribution in [0.1, 0.15) is 52.9 Å². The van der Waals surface area contributed by atoms with Gasteiger partial charge in [-0.25, -0.2) is 10.5 Å². The Bertz CT molecular complexity index is 718. The molecule has 2 aliphatic heterocycles. The number of allylic oxidation sites excluding steroid dienone is 3. The first-order chi connectivity index (χ1) is 16.2. The summed E-state index contributed by atoms with van der Waals surface area (Å²) in [5, 5.41) is 51.2. The van der Waals surface area contributed by atoms with Crippen molar-refractivity contribution in [2.45, 2.75) is 71.3 Å². The van der Waals surface area contributed by atoms with Crippen LogP contribution in [0.25, 0.3) is 10.6 Å². The third-order valence-corrected chi connectivity index (χ3v) is 4.48. The second-order valence-electron chi connectivity index (χ2n) is 7.27. The molecule has 0 radical (unpaired) electrons. The average molecular weight is 620 g/mol. The van der Waals surface area contributed by atoms with Crippen molar-refractivity contribution in [3.63, 3.8) is 0 Å². The fourth-order valence-electron chi connectivity index (χ4n) is 2.89. The van der Waals surface area contributed by atoms with E-state index in [2.05, 4.69) is 52.8 Å². The van der Waals surface area contributed by atoms with E-state index < -0.39 is 6.29 Å². The number of rotatable bonds is 8. The molecule has 9 nitrogen and oxygen atoms in total. The summed E-state index contributed by atoms with van der Waals surface area (Å²) in [6.45, 7) is 8.32. The first-order valence-electron chi connectivity index (χ1n) is 11.0. The van der Waals surface area contributed by atoms with Gasteiger partial charge < -0.3 is 51.2 Å². The molecule has 36 heavy (non-hydrogen) atoms. The number of aliphatic hydroxyl groups excluding tert-OH is 2. The maximum atomic E-state index is 10.1. The van der Waals surface area contributed by atoms with Gasteiger partial charge in [-0.2, -0.15) is 0 Å². The Morgan fingerprint density at radius 3 is 2.06 bits per heavy atom. The molecule has 1 saturated heterocycles. The molecule has 0 bridgehead atoms. The van der Waals surface area contributed by atoms with Gasteiger partial charge in [0.05, 0.1) is 6.10 Å². The fourth-order valence-corrected chi connectivity index (χ4v) is 2.89. The SMILES string of the molecule is CC(=NCCC(O)CCN=C(C)C1CCCC[N-]1)C1=CC=CC[N-]1.CC(O)O.N#C[S-].N#C[S-].[Fe+2].[Fe+2]. The van der Waals surface area contributed by atoms with Crippen molar-refractivity contribution in [3.05, 3.63) is 34.6 Å². The normalized spacial score (nSPS) is 17.1. The zero-order chi connectivity index (χ0) is 26.2. The van der Waals surface area contributed by atoms with Crippen LogP contribution in [0.2, 0.25) is 0 Å². The summed E-state index contributed by atoms with van der Waals surface area (Å²) in [7, 11) is 0. The molecule has 1 fully saturated rings. The number of nitrogens with zero attached hydrogens (tertiary/aromatic N) is 6. The Labute approximate surface area is 248 Å². The Balaban J connectivity index is -0.000000368. The summed E-state index contributed by atoms with van der Waals surface area (Å²) >= 11 is 7.40. The van der Waals surface area contributed by atoms with Crippen molar-refractivity contribution >= 4 is 36.7 Å². The van der Waals surface area contributed by atoms with Gasteiger partial charge in [-0.1, -0.05) is 48.3 Å². The molecule has 2 aliphatic rings. The van der Waals surface area contributed by atoms with E-state index in [4.69, 9.17) is 20.7 Å². The van der Waals surface area contributed by atoms with Crippen LogP contribution >= 0.6 is 0 Å². The van der Waals surface area contributed by atoms with Crippen LogP contribution in [0, 0.1) is 21.3 Å². The molecular formula is C23H36Fe2N6O3S2. The van der Waals surface area contributed by atoms with Gasteiger partial charge in [0.15, 0.2) is 0 Å². The number of piperidine rings is 1. The van der Waals surface area contributed by atoms with Crippen molar-refractivity contribution < 1.29 is 49.5 Å². The molecular weight excluding hydrogens is 584 g/mol. The summed E-state index contributed by atoms with van der Waals surface area (Å²) in [6, 6.07) is 0.310. The zero-order valence-corrected chi connectivity index (χ0v) is 24.7. The van der Waals surface area contributed by atoms with Crippen molar-refractivity contribution in [2.75, 3.05) is 26.2 Å². The number of aliphatic hydroxyl groups is 3. The van der Waals surface area contributed by atoms with Crippen molar-refractivity contribution in [2.24, 2.45) is 9.98 Å². The van der Waals surface area contributed by atoms with Crippen LogP contribution in [0.4, 0.5) is 0 Å². The molecule has 2 atom stereocenters. The van der Waals surface area contributed by atoms with Gasteiger partial charge in [0, 0.05) is 18.8 Å². The molecule has 0 aromatic heterocycles. The number of hydrogen-bond acceptors (Lipinski definition) is 9. The molecule has 2 rings (SSSR count).